The molecule has 0 saturated carbocycles. The number of anilines is 2. The van der Waals surface area contributed by atoms with E-state index in [2.05, 4.69) is 73.9 Å². The second-order valence-corrected chi connectivity index (χ2v) is 7.76. The van der Waals surface area contributed by atoms with E-state index in [1.54, 1.807) is 0 Å². The van der Waals surface area contributed by atoms with Crippen LogP contribution < -0.4 is 33.8 Å². The van der Waals surface area contributed by atoms with Crippen molar-refractivity contribution in [2.45, 2.75) is 40.5 Å². The molecule has 2 aromatic carbocycles. The highest BCUT2D eigenvalue weighted by Gasteiger charge is 2.16. The number of aromatic nitrogens is 1. The van der Waals surface area contributed by atoms with Gasteiger partial charge in [0.05, 0.1) is 0 Å². The SMILES string of the molecule is CCCN(CCC)c1ccc2nc3ccc(N(CC)CC)cc3[s+]c2c1.[I-]. The van der Waals surface area contributed by atoms with Crippen LogP contribution in [-0.4, -0.2) is 31.2 Å². The van der Waals surface area contributed by atoms with Crippen LogP contribution in [0.25, 0.3) is 20.4 Å². The summed E-state index contributed by atoms with van der Waals surface area (Å²) in [6, 6.07) is 13.4. The zero-order chi connectivity index (χ0) is 18.5. The Labute approximate surface area is 184 Å². The van der Waals surface area contributed by atoms with Crippen LogP contribution in [0, 0.1) is 0 Å². The van der Waals surface area contributed by atoms with Crippen LogP contribution in [0.5, 0.6) is 0 Å². The van der Waals surface area contributed by atoms with Gasteiger partial charge in [-0.2, -0.15) is 0 Å². The lowest BCUT2D eigenvalue weighted by molar-refractivity contribution is -0.00000537. The van der Waals surface area contributed by atoms with E-state index < -0.39 is 0 Å². The molecule has 0 unspecified atom stereocenters. The van der Waals surface area contributed by atoms with Gasteiger partial charge in [0.25, 0.3) is 9.40 Å². The van der Waals surface area contributed by atoms with Crippen molar-refractivity contribution >= 4 is 43.1 Å². The van der Waals surface area contributed by atoms with Crippen molar-refractivity contribution in [3.63, 3.8) is 0 Å². The molecule has 0 aliphatic rings. The Hall–Kier alpha value is -1.21. The molecule has 5 heteroatoms. The zero-order valence-corrected chi connectivity index (χ0v) is 19.8. The van der Waals surface area contributed by atoms with Crippen LogP contribution in [0.4, 0.5) is 11.4 Å². The quantitative estimate of drug-likeness (QED) is 0.272. The molecule has 0 aliphatic carbocycles. The smallest absolute Gasteiger partial charge is 0.259 e. The standard InChI is InChI=1S/C22H30N3S.HI/c1-5-13-25(14-6-2)18-10-12-20-22(16-18)26-21-15-17(24(7-3)8-4)9-11-19(21)23-20;/h9-12,15-16H,5-8,13-14H2,1-4H3;1H/q+1;/p-1. The highest BCUT2D eigenvalue weighted by molar-refractivity contribution is 7.24. The van der Waals surface area contributed by atoms with Gasteiger partial charge in [-0.1, -0.05) is 13.8 Å². The van der Waals surface area contributed by atoms with E-state index >= 15 is 0 Å². The maximum Gasteiger partial charge on any atom is 0.259 e. The van der Waals surface area contributed by atoms with Gasteiger partial charge in [-0.25, -0.2) is 4.98 Å². The number of halogens is 1. The minimum atomic E-state index is 0. The summed E-state index contributed by atoms with van der Waals surface area (Å²) in [6.07, 6.45) is 2.34. The number of hydrogen-bond donors (Lipinski definition) is 0. The Kier molecular flexibility index (Phi) is 8.48. The van der Waals surface area contributed by atoms with Gasteiger partial charge >= 0.3 is 0 Å². The number of hydrogen-bond acceptors (Lipinski definition) is 3. The lowest BCUT2D eigenvalue weighted by Crippen LogP contribution is -3.00. The minimum absolute atomic E-state index is 0. The first kappa shape index (κ1) is 22.1. The van der Waals surface area contributed by atoms with Gasteiger partial charge in [-0.3, -0.25) is 0 Å². The molecule has 0 bridgehead atoms. The van der Waals surface area contributed by atoms with E-state index in [-0.39, 0.29) is 24.0 Å². The molecule has 3 aromatic rings. The molecule has 0 N–H and O–H groups in total. The summed E-state index contributed by atoms with van der Waals surface area (Å²) in [4.78, 5) is 9.77. The summed E-state index contributed by atoms with van der Waals surface area (Å²) >= 11 is 1.86. The fraction of sp³-hybridized carbons (Fsp3) is 0.455. The Morgan fingerprint density at radius 3 is 1.67 bits per heavy atom. The topological polar surface area (TPSA) is 19.4 Å². The van der Waals surface area contributed by atoms with Crippen molar-refractivity contribution in [3.05, 3.63) is 36.4 Å². The van der Waals surface area contributed by atoms with Crippen LogP contribution in [-0.2, 0) is 0 Å². The first-order chi connectivity index (χ1) is 12.7. The molecule has 0 amide bonds. The lowest BCUT2D eigenvalue weighted by Gasteiger charge is -2.23. The van der Waals surface area contributed by atoms with E-state index in [0.717, 1.165) is 37.2 Å². The van der Waals surface area contributed by atoms with Crippen molar-refractivity contribution in [2.75, 3.05) is 36.0 Å². The lowest BCUT2D eigenvalue weighted by atomic mass is 10.2. The highest BCUT2D eigenvalue weighted by atomic mass is 127. The second-order valence-electron chi connectivity index (χ2n) is 6.68. The third-order valence-corrected chi connectivity index (χ3v) is 5.92. The molecule has 27 heavy (non-hydrogen) atoms. The summed E-state index contributed by atoms with van der Waals surface area (Å²) in [5.41, 5.74) is 4.79. The molecule has 0 fully saturated rings. The maximum atomic E-state index is 4.90. The molecular weight excluding hydrogens is 465 g/mol. The van der Waals surface area contributed by atoms with Crippen LogP contribution in [0.2, 0.25) is 0 Å². The fourth-order valence-electron chi connectivity index (χ4n) is 3.49. The number of fused-ring (bicyclic) bond motifs is 2. The van der Waals surface area contributed by atoms with Crippen molar-refractivity contribution in [2.24, 2.45) is 0 Å². The zero-order valence-electron chi connectivity index (χ0n) is 16.8. The number of nitrogens with zero attached hydrogens (tertiary/aromatic N) is 3. The van der Waals surface area contributed by atoms with Gasteiger partial charge in [-0.05, 0) is 51.0 Å². The van der Waals surface area contributed by atoms with Crippen molar-refractivity contribution in [3.8, 4) is 0 Å². The molecule has 3 rings (SSSR count). The molecule has 0 radical (unpaired) electrons. The Balaban J connectivity index is 0.00000261. The molecule has 3 nitrogen and oxygen atoms in total. The van der Waals surface area contributed by atoms with Crippen LogP contribution in [0.3, 0.4) is 0 Å². The van der Waals surface area contributed by atoms with Crippen molar-refractivity contribution in [1.82, 2.24) is 4.98 Å². The largest absolute Gasteiger partial charge is 1.00 e. The number of rotatable bonds is 8. The van der Waals surface area contributed by atoms with Gasteiger partial charge in [0.15, 0.2) is 0 Å². The summed E-state index contributed by atoms with van der Waals surface area (Å²) in [5.74, 6) is 0. The molecule has 1 aromatic heterocycles. The Morgan fingerprint density at radius 2 is 1.22 bits per heavy atom. The van der Waals surface area contributed by atoms with E-state index in [0.29, 0.717) is 0 Å². The van der Waals surface area contributed by atoms with E-state index in [4.69, 9.17) is 4.98 Å². The van der Waals surface area contributed by atoms with Gasteiger partial charge in [-0.15, -0.1) is 0 Å². The summed E-state index contributed by atoms with van der Waals surface area (Å²) in [5, 5.41) is 0. The molecule has 146 valence electrons. The van der Waals surface area contributed by atoms with Gasteiger partial charge in [0, 0.05) is 49.7 Å². The molecule has 0 spiro atoms. The summed E-state index contributed by atoms with van der Waals surface area (Å²) < 4.78 is 2.53. The van der Waals surface area contributed by atoms with E-state index in [1.807, 2.05) is 11.3 Å². The molecule has 0 aliphatic heterocycles. The average molecular weight is 495 g/mol. The van der Waals surface area contributed by atoms with Crippen LogP contribution >= 0.6 is 11.3 Å². The Morgan fingerprint density at radius 1 is 0.741 bits per heavy atom. The maximum absolute atomic E-state index is 4.90. The summed E-state index contributed by atoms with van der Waals surface area (Å²) in [6.45, 7) is 13.2. The molecule has 0 atom stereocenters. The van der Waals surface area contributed by atoms with Crippen LogP contribution in [0.1, 0.15) is 40.5 Å². The van der Waals surface area contributed by atoms with E-state index in [1.165, 1.54) is 33.6 Å². The van der Waals surface area contributed by atoms with Crippen molar-refractivity contribution < 1.29 is 24.0 Å². The first-order valence-corrected chi connectivity index (χ1v) is 10.7. The predicted octanol–water partition coefficient (Wildman–Crippen LogP) is 3.21. The second kappa shape index (κ2) is 10.4. The molecular formula is C22H30IN3S. The van der Waals surface area contributed by atoms with Gasteiger partial charge < -0.3 is 33.8 Å². The minimum Gasteiger partial charge on any atom is -1.00 e. The van der Waals surface area contributed by atoms with Crippen LogP contribution in [0.15, 0.2) is 36.4 Å². The van der Waals surface area contributed by atoms with Crippen molar-refractivity contribution in [1.29, 1.82) is 0 Å². The summed E-state index contributed by atoms with van der Waals surface area (Å²) in [7, 11) is 0. The van der Waals surface area contributed by atoms with E-state index in [9.17, 15) is 0 Å². The Bertz CT molecular complexity index is 874. The molecule has 0 saturated heterocycles. The normalized spacial score (nSPS) is 10.8. The fourth-order valence-corrected chi connectivity index (χ4v) is 4.53. The van der Waals surface area contributed by atoms with Gasteiger partial charge in [0.1, 0.15) is 11.0 Å². The average Bonchev–Trinajstić information content (AvgIpc) is 2.66. The third kappa shape index (κ3) is 4.99. The van der Waals surface area contributed by atoms with Gasteiger partial charge in [0.2, 0.25) is 11.3 Å². The third-order valence-electron chi connectivity index (χ3n) is 4.83. The predicted molar refractivity (Wildman–Crippen MR) is 118 cm³/mol. The monoisotopic (exact) mass is 495 g/mol. The number of benzene rings is 2. The highest BCUT2D eigenvalue weighted by Crippen LogP contribution is 2.31. The molecule has 1 heterocycles. The first-order valence-electron chi connectivity index (χ1n) is 9.87.